The summed E-state index contributed by atoms with van der Waals surface area (Å²) in [6.07, 6.45) is -4.86. The number of fused-ring (bicyclic) bond motifs is 2. The highest BCUT2D eigenvalue weighted by molar-refractivity contribution is 6.00. The van der Waals surface area contributed by atoms with Crippen LogP contribution in [0.1, 0.15) is 11.1 Å². The van der Waals surface area contributed by atoms with Crippen molar-refractivity contribution < 1.29 is 27.1 Å². The van der Waals surface area contributed by atoms with Gasteiger partial charge in [-0.1, -0.05) is 24.3 Å². The molecule has 132 valence electrons. The first-order valence-electron chi connectivity index (χ1n) is 7.75. The Kier molecular flexibility index (Phi) is 3.50. The molecule has 2 aromatic rings. The molecule has 2 aromatic carbocycles. The molecule has 0 radical (unpaired) electrons. The van der Waals surface area contributed by atoms with Gasteiger partial charge in [-0.3, -0.25) is 4.79 Å². The van der Waals surface area contributed by atoms with Crippen molar-refractivity contribution in [3.63, 3.8) is 0 Å². The van der Waals surface area contributed by atoms with Gasteiger partial charge in [-0.2, -0.15) is 13.2 Å². The number of ether oxygens (including phenoxy) is 1. The Hall–Kier alpha value is -2.96. The molecule has 0 fully saturated rings. The smallest absolute Gasteiger partial charge is 0.406 e. The van der Waals surface area contributed by atoms with Crippen molar-refractivity contribution in [3.8, 4) is 0 Å². The third-order valence-corrected chi connectivity index (χ3v) is 4.39. The van der Waals surface area contributed by atoms with E-state index in [-0.39, 0.29) is 22.6 Å². The Labute approximate surface area is 144 Å². The number of alkyl halides is 3. The summed E-state index contributed by atoms with van der Waals surface area (Å²) in [6.45, 7) is 1.76. The summed E-state index contributed by atoms with van der Waals surface area (Å²) in [5.41, 5.74) is 0.447. The van der Waals surface area contributed by atoms with E-state index in [1.54, 1.807) is 25.1 Å². The summed E-state index contributed by atoms with van der Waals surface area (Å²) in [7, 11) is 0. The molecular formula is C19H11F4NO2. The summed E-state index contributed by atoms with van der Waals surface area (Å²) in [6, 6.07) is 9.62. The molecule has 4 rings (SSSR count). The van der Waals surface area contributed by atoms with Gasteiger partial charge in [-0.25, -0.2) is 9.38 Å². The van der Waals surface area contributed by atoms with Gasteiger partial charge >= 0.3 is 12.1 Å². The van der Waals surface area contributed by atoms with Crippen molar-refractivity contribution in [2.45, 2.75) is 13.1 Å². The molecule has 0 saturated carbocycles. The fraction of sp³-hybridized carbons (Fsp3) is 0.158. The monoisotopic (exact) mass is 361 g/mol. The van der Waals surface area contributed by atoms with Crippen LogP contribution in [0.3, 0.4) is 0 Å². The van der Waals surface area contributed by atoms with Crippen molar-refractivity contribution in [3.05, 3.63) is 75.7 Å². The Morgan fingerprint density at radius 3 is 2.42 bits per heavy atom. The normalized spacial score (nSPS) is 19.0. The van der Waals surface area contributed by atoms with Crippen LogP contribution < -0.4 is 10.6 Å². The maximum Gasteiger partial charge on any atom is 0.406 e. The van der Waals surface area contributed by atoms with Crippen LogP contribution in [0.15, 0.2) is 53.2 Å². The van der Waals surface area contributed by atoms with Crippen molar-refractivity contribution in [1.29, 1.82) is 0 Å². The molecule has 2 aliphatic heterocycles. The summed E-state index contributed by atoms with van der Waals surface area (Å²) >= 11 is 0. The van der Waals surface area contributed by atoms with Crippen LogP contribution in [0, 0.1) is 18.7 Å². The molecule has 3 nitrogen and oxygen atoms in total. The van der Waals surface area contributed by atoms with Crippen LogP contribution in [0.2, 0.25) is 0 Å². The van der Waals surface area contributed by atoms with E-state index in [1.807, 2.05) is 0 Å². The first kappa shape index (κ1) is 16.5. The zero-order chi connectivity index (χ0) is 18.6. The number of hydrogen-bond donors (Lipinski definition) is 0. The second-order valence-corrected chi connectivity index (χ2v) is 6.07. The largest absolute Gasteiger partial charge is 0.423 e. The van der Waals surface area contributed by atoms with Crippen molar-refractivity contribution >= 4 is 17.3 Å². The van der Waals surface area contributed by atoms with E-state index in [9.17, 15) is 22.4 Å². The molecule has 0 saturated heterocycles. The number of benzene rings is 2. The van der Waals surface area contributed by atoms with Gasteiger partial charge in [-0.05, 0) is 36.2 Å². The van der Waals surface area contributed by atoms with E-state index in [0.29, 0.717) is 10.6 Å². The van der Waals surface area contributed by atoms with Gasteiger partial charge in [0, 0.05) is 10.8 Å². The zero-order valence-corrected chi connectivity index (χ0v) is 13.4. The second kappa shape index (κ2) is 5.52. The molecule has 1 unspecified atom stereocenters. The lowest BCUT2D eigenvalue weighted by molar-refractivity contribution is -0.182. The highest BCUT2D eigenvalue weighted by Gasteiger charge is 2.53. The third kappa shape index (κ3) is 2.42. The molecule has 2 aliphatic rings. The first-order chi connectivity index (χ1) is 12.3. The Bertz CT molecular complexity index is 1080. The highest BCUT2D eigenvalue weighted by atomic mass is 19.4. The molecule has 0 aliphatic carbocycles. The van der Waals surface area contributed by atoms with E-state index in [2.05, 4.69) is 4.99 Å². The van der Waals surface area contributed by atoms with Gasteiger partial charge in [-0.15, -0.1) is 0 Å². The van der Waals surface area contributed by atoms with Crippen LogP contribution in [-0.2, 0) is 9.53 Å². The minimum atomic E-state index is -4.86. The van der Waals surface area contributed by atoms with Crippen molar-refractivity contribution in [1.82, 2.24) is 0 Å². The summed E-state index contributed by atoms with van der Waals surface area (Å²) < 4.78 is 59.1. The predicted octanol–water partition coefficient (Wildman–Crippen LogP) is 3.02. The fourth-order valence-electron chi connectivity index (χ4n) is 3.26. The van der Waals surface area contributed by atoms with Gasteiger partial charge in [0.25, 0.3) is 0 Å². The second-order valence-electron chi connectivity index (χ2n) is 6.07. The molecule has 26 heavy (non-hydrogen) atoms. The quantitative estimate of drug-likeness (QED) is 0.579. The van der Waals surface area contributed by atoms with E-state index >= 15 is 0 Å². The SMILES string of the molecule is Cc1cccc2c1=C1OC(=O)C(C(F)(F)F)C(c3ccc(F)cc3)=C1N=2. The summed E-state index contributed by atoms with van der Waals surface area (Å²) in [5.74, 6) is -4.47. The van der Waals surface area contributed by atoms with Gasteiger partial charge in [0.1, 0.15) is 11.5 Å². The Balaban J connectivity index is 2.10. The number of hydrogen-bond acceptors (Lipinski definition) is 3. The topological polar surface area (TPSA) is 38.7 Å². The number of halogens is 4. The number of esters is 1. The summed E-state index contributed by atoms with van der Waals surface area (Å²) in [5, 5.41) is 0.932. The maximum atomic E-state index is 13.6. The average Bonchev–Trinajstić information content (AvgIpc) is 2.93. The van der Waals surface area contributed by atoms with Crippen LogP contribution in [0.5, 0.6) is 0 Å². The summed E-state index contributed by atoms with van der Waals surface area (Å²) in [4.78, 5) is 16.5. The van der Waals surface area contributed by atoms with Crippen LogP contribution in [0.25, 0.3) is 11.3 Å². The first-order valence-corrected chi connectivity index (χ1v) is 7.75. The minimum absolute atomic E-state index is 0.0166. The lowest BCUT2D eigenvalue weighted by Gasteiger charge is -2.28. The van der Waals surface area contributed by atoms with Crippen LogP contribution in [-0.4, -0.2) is 12.1 Å². The van der Waals surface area contributed by atoms with Crippen molar-refractivity contribution in [2.24, 2.45) is 10.9 Å². The lowest BCUT2D eigenvalue weighted by atomic mass is 9.87. The molecule has 0 amide bonds. The zero-order valence-electron chi connectivity index (χ0n) is 13.4. The Morgan fingerprint density at radius 2 is 1.77 bits per heavy atom. The van der Waals surface area contributed by atoms with Crippen LogP contribution >= 0.6 is 0 Å². The molecule has 2 heterocycles. The molecule has 0 N–H and O–H groups in total. The number of nitrogens with zero attached hydrogens (tertiary/aromatic N) is 1. The average molecular weight is 361 g/mol. The van der Waals surface area contributed by atoms with Crippen LogP contribution in [0.4, 0.5) is 17.6 Å². The highest BCUT2D eigenvalue weighted by Crippen LogP contribution is 2.45. The fourth-order valence-corrected chi connectivity index (χ4v) is 3.26. The van der Waals surface area contributed by atoms with Crippen molar-refractivity contribution in [2.75, 3.05) is 0 Å². The van der Waals surface area contributed by atoms with E-state index in [1.165, 1.54) is 12.1 Å². The van der Waals surface area contributed by atoms with Gasteiger partial charge in [0.2, 0.25) is 0 Å². The molecule has 0 bridgehead atoms. The molecule has 0 aromatic heterocycles. The number of carbonyl (C=O) groups excluding carboxylic acids is 1. The number of carbonyl (C=O) groups is 1. The van der Waals surface area contributed by atoms with E-state index < -0.39 is 23.9 Å². The molecule has 0 spiro atoms. The van der Waals surface area contributed by atoms with Gasteiger partial charge in [0.05, 0.1) is 5.36 Å². The molecule has 7 heteroatoms. The standard InChI is InChI=1S/C19H11F4NO2/c1-9-3-2-4-12-13(9)17-16(24-12)14(10-5-7-11(20)8-6-10)15(18(25)26-17)19(21,22)23/h2-8,15H,1H3. The third-order valence-electron chi connectivity index (χ3n) is 4.39. The van der Waals surface area contributed by atoms with Gasteiger partial charge < -0.3 is 4.74 Å². The Morgan fingerprint density at radius 1 is 1.08 bits per heavy atom. The minimum Gasteiger partial charge on any atom is -0.423 e. The van der Waals surface area contributed by atoms with Gasteiger partial charge in [0.15, 0.2) is 11.7 Å². The van der Waals surface area contributed by atoms with E-state index in [4.69, 9.17) is 4.74 Å². The lowest BCUT2D eigenvalue weighted by Crippen LogP contribution is -2.37. The number of rotatable bonds is 1. The number of aryl methyl sites for hydroxylation is 1. The molecule has 1 atom stereocenters. The molecular weight excluding hydrogens is 350 g/mol. The predicted molar refractivity (Wildman–Crippen MR) is 84.3 cm³/mol. The maximum absolute atomic E-state index is 13.6. The van der Waals surface area contributed by atoms with E-state index in [0.717, 1.165) is 17.7 Å².